The van der Waals surface area contributed by atoms with Crippen molar-refractivity contribution in [2.45, 2.75) is 12.7 Å². The minimum Gasteiger partial charge on any atom is -0.479 e. The van der Waals surface area contributed by atoms with Crippen molar-refractivity contribution in [2.75, 3.05) is 6.61 Å². The quantitative estimate of drug-likeness (QED) is 0.692. The van der Waals surface area contributed by atoms with Crippen LogP contribution in [0.2, 0.25) is 0 Å². The van der Waals surface area contributed by atoms with Crippen LogP contribution in [0.25, 0.3) is 16.6 Å². The van der Waals surface area contributed by atoms with Gasteiger partial charge in [-0.15, -0.1) is 0 Å². The lowest BCUT2D eigenvalue weighted by molar-refractivity contribution is -0.137. The average Bonchev–Trinajstić information content (AvgIpc) is 3.02. The van der Waals surface area contributed by atoms with Gasteiger partial charge in [-0.25, -0.2) is 9.48 Å². The third-order valence-electron chi connectivity index (χ3n) is 3.88. The zero-order chi connectivity index (χ0) is 20.3. The summed E-state index contributed by atoms with van der Waals surface area (Å²) in [5.74, 6) is 0.387. The number of benzene rings is 2. The van der Waals surface area contributed by atoms with Crippen molar-refractivity contribution in [3.05, 3.63) is 53.7 Å². The zero-order valence-electron chi connectivity index (χ0n) is 14.2. The minimum absolute atomic E-state index is 0.110. The van der Waals surface area contributed by atoms with Gasteiger partial charge in [-0.3, -0.25) is 0 Å². The molecule has 0 spiro atoms. The molecule has 1 heterocycles. The molecule has 1 amide bonds. The molecule has 2 N–H and O–H groups in total. The van der Waals surface area contributed by atoms with Crippen LogP contribution in [0.4, 0.5) is 18.0 Å². The Morgan fingerprint density at radius 1 is 1.25 bits per heavy atom. The van der Waals surface area contributed by atoms with Gasteiger partial charge >= 0.3 is 12.3 Å². The molecule has 2 aromatic carbocycles. The van der Waals surface area contributed by atoms with E-state index in [2.05, 4.69) is 10.4 Å². The summed E-state index contributed by atoms with van der Waals surface area (Å²) in [5.41, 5.74) is 0.504. The zero-order valence-corrected chi connectivity index (χ0v) is 14.2. The number of fused-ring (bicyclic) bond motifs is 1. The first kappa shape index (κ1) is 19.0. The number of alkyl halides is 3. The van der Waals surface area contributed by atoms with Crippen LogP contribution in [-0.2, 0) is 12.7 Å². The Hall–Kier alpha value is -3.74. The fourth-order valence-electron chi connectivity index (χ4n) is 2.64. The monoisotopic (exact) mass is 390 g/mol. The van der Waals surface area contributed by atoms with Crippen molar-refractivity contribution in [1.82, 2.24) is 15.1 Å². The Bertz CT molecular complexity index is 1050. The highest BCUT2D eigenvalue weighted by atomic mass is 19.4. The fraction of sp³-hybridized carbons (Fsp3) is 0.167. The van der Waals surface area contributed by atoms with Crippen molar-refractivity contribution in [1.29, 1.82) is 5.26 Å². The van der Waals surface area contributed by atoms with Crippen LogP contribution in [0.15, 0.2) is 42.5 Å². The molecular formula is C18H13F3N4O3. The van der Waals surface area contributed by atoms with Gasteiger partial charge in [0.2, 0.25) is 0 Å². The number of hydrogen-bond acceptors (Lipinski definition) is 4. The first-order chi connectivity index (χ1) is 13.3. The molecule has 3 rings (SSSR count). The number of hydrogen-bond donors (Lipinski definition) is 2. The lowest BCUT2D eigenvalue weighted by Gasteiger charge is -2.08. The van der Waals surface area contributed by atoms with Crippen molar-refractivity contribution < 1.29 is 27.8 Å². The SMILES string of the molecule is N#CCOc1ccc2c(c1)c(CNC(=O)O)nn2-c1ccc(C(F)(F)F)cc1. The maximum Gasteiger partial charge on any atom is 0.416 e. The van der Waals surface area contributed by atoms with Gasteiger partial charge in [0.25, 0.3) is 0 Å². The van der Waals surface area contributed by atoms with Gasteiger partial charge in [-0.05, 0) is 42.5 Å². The van der Waals surface area contributed by atoms with Crippen LogP contribution < -0.4 is 10.1 Å². The smallest absolute Gasteiger partial charge is 0.416 e. The summed E-state index contributed by atoms with van der Waals surface area (Å²) in [4.78, 5) is 10.8. The third-order valence-corrected chi connectivity index (χ3v) is 3.88. The van der Waals surface area contributed by atoms with Gasteiger partial charge in [0.05, 0.1) is 29.0 Å². The predicted octanol–water partition coefficient (Wildman–Crippen LogP) is 3.71. The Kier molecular flexibility index (Phi) is 5.08. The molecule has 0 saturated heterocycles. The average molecular weight is 390 g/mol. The summed E-state index contributed by atoms with van der Waals surface area (Å²) < 4.78 is 45.0. The molecule has 0 bridgehead atoms. The van der Waals surface area contributed by atoms with E-state index in [0.29, 0.717) is 28.0 Å². The summed E-state index contributed by atoms with van der Waals surface area (Å²) in [5, 5.41) is 24.6. The highest BCUT2D eigenvalue weighted by Gasteiger charge is 2.30. The summed E-state index contributed by atoms with van der Waals surface area (Å²) in [7, 11) is 0. The van der Waals surface area contributed by atoms with E-state index in [1.165, 1.54) is 16.8 Å². The second-order valence-corrected chi connectivity index (χ2v) is 5.69. The Morgan fingerprint density at radius 2 is 1.96 bits per heavy atom. The van der Waals surface area contributed by atoms with E-state index < -0.39 is 17.8 Å². The summed E-state index contributed by atoms with van der Waals surface area (Å²) in [6.07, 6.45) is -5.69. The number of aromatic nitrogens is 2. The molecular weight excluding hydrogens is 377 g/mol. The van der Waals surface area contributed by atoms with Crippen molar-refractivity contribution >= 4 is 17.0 Å². The number of carboxylic acid groups (broad SMARTS) is 1. The van der Waals surface area contributed by atoms with Crippen molar-refractivity contribution in [2.24, 2.45) is 0 Å². The third kappa shape index (κ3) is 3.98. The van der Waals surface area contributed by atoms with E-state index in [1.807, 2.05) is 6.07 Å². The molecule has 0 radical (unpaired) electrons. The number of ether oxygens (including phenoxy) is 1. The van der Waals surface area contributed by atoms with Crippen LogP contribution in [0.5, 0.6) is 5.75 Å². The number of nitriles is 1. The lowest BCUT2D eigenvalue weighted by Crippen LogP contribution is -2.20. The molecule has 0 aliphatic carbocycles. The van der Waals surface area contributed by atoms with E-state index >= 15 is 0 Å². The molecule has 0 fully saturated rings. The summed E-state index contributed by atoms with van der Waals surface area (Å²) >= 11 is 0. The van der Waals surface area contributed by atoms with Crippen LogP contribution in [0.3, 0.4) is 0 Å². The van der Waals surface area contributed by atoms with Gasteiger partial charge in [0.15, 0.2) is 6.61 Å². The predicted molar refractivity (Wildman–Crippen MR) is 92.0 cm³/mol. The number of carbonyl (C=O) groups is 1. The summed E-state index contributed by atoms with van der Waals surface area (Å²) in [6, 6.07) is 11.1. The number of halogens is 3. The highest BCUT2D eigenvalue weighted by molar-refractivity contribution is 5.85. The number of amides is 1. The second-order valence-electron chi connectivity index (χ2n) is 5.69. The number of rotatable bonds is 5. The molecule has 0 aliphatic heterocycles. The maximum atomic E-state index is 12.8. The van der Waals surface area contributed by atoms with Crippen molar-refractivity contribution in [3.8, 4) is 17.5 Å². The van der Waals surface area contributed by atoms with Crippen LogP contribution in [0.1, 0.15) is 11.3 Å². The molecule has 144 valence electrons. The van der Waals surface area contributed by atoms with Crippen LogP contribution in [0, 0.1) is 11.3 Å². The number of nitrogens with zero attached hydrogens (tertiary/aromatic N) is 3. The normalized spacial score (nSPS) is 11.2. The van der Waals surface area contributed by atoms with Gasteiger partial charge in [-0.2, -0.15) is 23.5 Å². The topological polar surface area (TPSA) is 100 Å². The molecule has 10 heteroatoms. The van der Waals surface area contributed by atoms with E-state index in [0.717, 1.165) is 12.1 Å². The van der Waals surface area contributed by atoms with Gasteiger partial charge in [-0.1, -0.05) is 0 Å². The van der Waals surface area contributed by atoms with E-state index in [9.17, 15) is 18.0 Å². The van der Waals surface area contributed by atoms with E-state index in [4.69, 9.17) is 15.1 Å². The summed E-state index contributed by atoms with van der Waals surface area (Å²) in [6.45, 7) is -0.275. The molecule has 3 aromatic rings. The highest BCUT2D eigenvalue weighted by Crippen LogP contribution is 2.31. The first-order valence-electron chi connectivity index (χ1n) is 7.95. The van der Waals surface area contributed by atoms with Gasteiger partial charge in [0.1, 0.15) is 11.8 Å². The molecule has 0 atom stereocenters. The van der Waals surface area contributed by atoms with Crippen LogP contribution in [-0.4, -0.2) is 27.6 Å². The van der Waals surface area contributed by atoms with E-state index in [-0.39, 0.29) is 13.2 Å². The van der Waals surface area contributed by atoms with Crippen molar-refractivity contribution in [3.63, 3.8) is 0 Å². The largest absolute Gasteiger partial charge is 0.479 e. The standard InChI is InChI=1S/C18H13F3N4O3/c19-18(20,21)11-1-3-12(4-2-11)25-16-6-5-13(28-8-7-22)9-14(16)15(24-25)10-23-17(26)27/h1-6,9,23H,8,10H2,(H,26,27). The van der Waals surface area contributed by atoms with Gasteiger partial charge in [0, 0.05) is 5.39 Å². The van der Waals surface area contributed by atoms with Crippen LogP contribution >= 0.6 is 0 Å². The van der Waals surface area contributed by atoms with Gasteiger partial charge < -0.3 is 15.2 Å². The second kappa shape index (κ2) is 7.48. The molecule has 1 aromatic heterocycles. The molecule has 7 nitrogen and oxygen atoms in total. The minimum atomic E-state index is -4.45. The molecule has 28 heavy (non-hydrogen) atoms. The number of nitrogens with one attached hydrogen (secondary N) is 1. The molecule has 0 saturated carbocycles. The fourth-order valence-corrected chi connectivity index (χ4v) is 2.64. The Balaban J connectivity index is 2.06. The molecule has 0 unspecified atom stereocenters. The Labute approximate surface area is 156 Å². The Morgan fingerprint density at radius 3 is 2.57 bits per heavy atom. The first-order valence-corrected chi connectivity index (χ1v) is 7.95. The molecule has 0 aliphatic rings. The lowest BCUT2D eigenvalue weighted by atomic mass is 10.2. The maximum absolute atomic E-state index is 12.8. The van der Waals surface area contributed by atoms with E-state index in [1.54, 1.807) is 18.2 Å².